The summed E-state index contributed by atoms with van der Waals surface area (Å²) in [6.45, 7) is 0. The topological polar surface area (TPSA) is 69.7 Å². The van der Waals surface area contributed by atoms with Crippen molar-refractivity contribution in [2.24, 2.45) is 0 Å². The van der Waals surface area contributed by atoms with Crippen molar-refractivity contribution in [2.45, 2.75) is 0 Å². The highest BCUT2D eigenvalue weighted by Crippen LogP contribution is 1.91. The second-order valence-corrected chi connectivity index (χ2v) is 2.00. The van der Waals surface area contributed by atoms with E-state index in [0.717, 1.165) is 0 Å². The molecule has 68 valence electrons. The minimum absolute atomic E-state index is 0.496. The number of hydrogen-bond donors (Lipinski definition) is 0. The van der Waals surface area contributed by atoms with Crippen LogP contribution in [0, 0.1) is 0 Å². The van der Waals surface area contributed by atoms with Crippen LogP contribution in [-0.2, 0) is 19.1 Å². The molecule has 0 aliphatic heterocycles. The van der Waals surface area contributed by atoms with E-state index in [1.807, 2.05) is 0 Å². The van der Waals surface area contributed by atoms with E-state index in [1.54, 1.807) is 0 Å². The average Bonchev–Trinajstić information content (AvgIpc) is 2.03. The molecule has 0 saturated heterocycles. The molecule has 0 aliphatic carbocycles. The molecule has 5 nitrogen and oxygen atoms in total. The fourth-order valence-electron chi connectivity index (χ4n) is 0.261. The molecular weight excluding hydrogens is 211 g/mol. The highest BCUT2D eigenvalue weighted by molar-refractivity contribution is 6.27. The van der Waals surface area contributed by atoms with E-state index < -0.39 is 29.9 Å². The summed E-state index contributed by atoms with van der Waals surface area (Å²) < 4.78 is 7.72. The van der Waals surface area contributed by atoms with Crippen LogP contribution in [-0.4, -0.2) is 29.9 Å². The lowest BCUT2D eigenvalue weighted by atomic mass is 10.8. The quantitative estimate of drug-likeness (QED) is 0.384. The summed E-state index contributed by atoms with van der Waals surface area (Å²) in [5.74, 6) is -2.98. The summed E-state index contributed by atoms with van der Waals surface area (Å²) in [5, 5.41) is 0. The van der Waals surface area contributed by atoms with Gasteiger partial charge in [-0.15, -0.1) is 23.2 Å². The van der Waals surface area contributed by atoms with Crippen LogP contribution >= 0.6 is 23.2 Å². The zero-order valence-electron chi connectivity index (χ0n) is 5.71. The minimum atomic E-state index is -1.42. The van der Waals surface area contributed by atoms with Crippen molar-refractivity contribution >= 4 is 41.3 Å². The lowest BCUT2D eigenvalue weighted by molar-refractivity contribution is -0.143. The number of rotatable bonds is 2. The Balaban J connectivity index is 3.74. The van der Waals surface area contributed by atoms with E-state index in [2.05, 4.69) is 9.47 Å². The van der Waals surface area contributed by atoms with Gasteiger partial charge in [0, 0.05) is 0 Å². The van der Waals surface area contributed by atoms with Gasteiger partial charge in [0.15, 0.2) is 0 Å². The van der Waals surface area contributed by atoms with Crippen LogP contribution in [0.4, 0.5) is 4.79 Å². The van der Waals surface area contributed by atoms with Gasteiger partial charge in [0.05, 0.1) is 0 Å². The van der Waals surface area contributed by atoms with Gasteiger partial charge in [-0.1, -0.05) is 0 Å². The molecule has 0 fully saturated rings. The van der Waals surface area contributed by atoms with Crippen LogP contribution in [0.3, 0.4) is 0 Å². The van der Waals surface area contributed by atoms with Crippen molar-refractivity contribution in [3.63, 3.8) is 0 Å². The van der Waals surface area contributed by atoms with Gasteiger partial charge in [0.1, 0.15) is 11.8 Å². The van der Waals surface area contributed by atoms with E-state index in [4.69, 9.17) is 23.2 Å². The lowest BCUT2D eigenvalue weighted by Gasteiger charge is -1.98. The van der Waals surface area contributed by atoms with Gasteiger partial charge in [-0.2, -0.15) is 0 Å². The Morgan fingerprint density at radius 3 is 1.50 bits per heavy atom. The van der Waals surface area contributed by atoms with Crippen molar-refractivity contribution in [2.75, 3.05) is 11.8 Å². The van der Waals surface area contributed by atoms with Crippen LogP contribution in [0.2, 0.25) is 0 Å². The highest BCUT2D eigenvalue weighted by Gasteiger charge is 2.14. The summed E-state index contributed by atoms with van der Waals surface area (Å²) >= 11 is 9.95. The maximum atomic E-state index is 10.4. The Kier molecular flexibility index (Phi) is 5.40. The van der Waals surface area contributed by atoms with Gasteiger partial charge in [0.2, 0.25) is 0 Å². The molecule has 0 aromatic heterocycles. The predicted molar refractivity (Wildman–Crippen MR) is 39.0 cm³/mol. The SMILES string of the molecule is O=C(CCl)OC(=O)OC(=O)CCl. The van der Waals surface area contributed by atoms with Gasteiger partial charge in [-0.05, 0) is 0 Å². The van der Waals surface area contributed by atoms with E-state index in [1.165, 1.54) is 0 Å². The predicted octanol–water partition coefficient (Wildman–Crippen LogP) is 0.670. The lowest BCUT2D eigenvalue weighted by Crippen LogP contribution is -2.18. The van der Waals surface area contributed by atoms with Crippen molar-refractivity contribution in [3.8, 4) is 0 Å². The summed E-state index contributed by atoms with van der Waals surface area (Å²) in [6.07, 6.45) is -1.42. The largest absolute Gasteiger partial charge is 0.524 e. The molecule has 0 radical (unpaired) electrons. The van der Waals surface area contributed by atoms with E-state index >= 15 is 0 Å². The van der Waals surface area contributed by atoms with Crippen LogP contribution in [0.1, 0.15) is 0 Å². The second kappa shape index (κ2) is 5.79. The van der Waals surface area contributed by atoms with Crippen molar-refractivity contribution in [3.05, 3.63) is 0 Å². The first kappa shape index (κ1) is 11.2. The highest BCUT2D eigenvalue weighted by atomic mass is 35.5. The first-order valence-corrected chi connectivity index (χ1v) is 3.74. The van der Waals surface area contributed by atoms with Crippen LogP contribution < -0.4 is 0 Å². The van der Waals surface area contributed by atoms with Crippen LogP contribution in [0.5, 0.6) is 0 Å². The molecule has 0 spiro atoms. The average molecular weight is 215 g/mol. The zero-order chi connectivity index (χ0) is 9.56. The molecule has 0 heterocycles. The Morgan fingerprint density at radius 2 is 1.25 bits per heavy atom. The first-order valence-electron chi connectivity index (χ1n) is 2.67. The molecule has 0 amide bonds. The monoisotopic (exact) mass is 214 g/mol. The number of carbonyl (C=O) groups is 3. The molecular formula is C5H4Cl2O5. The molecule has 0 bridgehead atoms. The number of halogens is 2. The molecule has 12 heavy (non-hydrogen) atoms. The molecule has 0 aromatic rings. The molecule has 0 unspecified atom stereocenters. The first-order chi connectivity index (χ1) is 5.60. The van der Waals surface area contributed by atoms with Gasteiger partial charge < -0.3 is 9.47 Å². The Labute approximate surface area is 77.5 Å². The standard InChI is InChI=1S/C5H4Cl2O5/c6-1-3(8)11-5(10)12-4(9)2-7/h1-2H2. The van der Waals surface area contributed by atoms with Crippen molar-refractivity contribution in [1.82, 2.24) is 0 Å². The van der Waals surface area contributed by atoms with Crippen LogP contribution in [0.15, 0.2) is 0 Å². The fraction of sp³-hybridized carbons (Fsp3) is 0.400. The summed E-state index contributed by atoms with van der Waals surface area (Å²) in [5.41, 5.74) is 0. The molecule has 7 heteroatoms. The second-order valence-electron chi connectivity index (χ2n) is 1.47. The molecule has 0 rings (SSSR count). The third-order valence-corrected chi connectivity index (χ3v) is 1.05. The third kappa shape index (κ3) is 4.92. The molecule has 0 aromatic carbocycles. The van der Waals surface area contributed by atoms with Gasteiger partial charge in [-0.3, -0.25) is 9.59 Å². The number of hydrogen-bond acceptors (Lipinski definition) is 5. The van der Waals surface area contributed by atoms with Crippen LogP contribution in [0.25, 0.3) is 0 Å². The Bertz CT molecular complexity index is 182. The Morgan fingerprint density at radius 1 is 0.917 bits per heavy atom. The fourth-order valence-corrected chi connectivity index (χ4v) is 0.370. The van der Waals surface area contributed by atoms with E-state index in [0.29, 0.717) is 0 Å². The maximum absolute atomic E-state index is 10.4. The number of esters is 2. The minimum Gasteiger partial charge on any atom is -0.359 e. The van der Waals surface area contributed by atoms with Gasteiger partial charge in [-0.25, -0.2) is 4.79 Å². The number of alkyl halides is 2. The maximum Gasteiger partial charge on any atom is 0.524 e. The summed E-state index contributed by atoms with van der Waals surface area (Å²) in [6, 6.07) is 0. The number of carbonyl (C=O) groups excluding carboxylic acids is 3. The molecule has 0 saturated carbocycles. The molecule has 0 N–H and O–H groups in total. The van der Waals surface area contributed by atoms with Crippen molar-refractivity contribution < 1.29 is 23.9 Å². The van der Waals surface area contributed by atoms with E-state index in [-0.39, 0.29) is 0 Å². The van der Waals surface area contributed by atoms with E-state index in [9.17, 15) is 14.4 Å². The third-order valence-electron chi connectivity index (χ3n) is 0.613. The zero-order valence-corrected chi connectivity index (χ0v) is 7.22. The number of ether oxygens (including phenoxy) is 2. The van der Waals surface area contributed by atoms with Gasteiger partial charge in [0.25, 0.3) is 0 Å². The summed E-state index contributed by atoms with van der Waals surface area (Å²) in [7, 11) is 0. The normalized spacial score (nSPS) is 8.83. The smallest absolute Gasteiger partial charge is 0.359 e. The summed E-state index contributed by atoms with van der Waals surface area (Å²) in [4.78, 5) is 31.0. The molecule has 0 aliphatic rings. The van der Waals surface area contributed by atoms with Gasteiger partial charge >= 0.3 is 18.1 Å². The van der Waals surface area contributed by atoms with Crippen molar-refractivity contribution in [1.29, 1.82) is 0 Å². The molecule has 0 atom stereocenters. The Hall–Kier alpha value is -0.810.